The van der Waals surface area contributed by atoms with Crippen molar-refractivity contribution in [1.82, 2.24) is 10.2 Å². The molecule has 1 fully saturated rings. The molecule has 2 aromatic rings. The number of nitrogens with zero attached hydrogens (tertiary/aromatic N) is 2. The summed E-state index contributed by atoms with van der Waals surface area (Å²) in [6.45, 7) is -3.11. The van der Waals surface area contributed by atoms with Crippen LogP contribution in [0.25, 0.3) is 10.9 Å². The van der Waals surface area contributed by atoms with Crippen molar-refractivity contribution in [2.75, 3.05) is 18.0 Å². The Morgan fingerprint density at radius 3 is 2.40 bits per heavy atom. The van der Waals surface area contributed by atoms with Crippen molar-refractivity contribution < 1.29 is 22.0 Å². The quantitative estimate of drug-likeness (QED) is 0.862. The normalized spacial score (nSPS) is 20.8. The molecule has 3 rings (SSSR count). The topological polar surface area (TPSA) is 31.9 Å². The fourth-order valence-electron chi connectivity index (χ4n) is 2.38. The van der Waals surface area contributed by atoms with E-state index in [2.05, 4.69) is 10.2 Å². The molecule has 1 saturated heterocycles. The number of halogens is 5. The molecule has 0 atom stereocenters. The van der Waals surface area contributed by atoms with Crippen molar-refractivity contribution in [3.8, 4) is 0 Å². The lowest BCUT2D eigenvalue weighted by Gasteiger charge is -2.14. The Bertz CT molecular complexity index is 636. The van der Waals surface area contributed by atoms with Gasteiger partial charge in [-0.05, 0) is 11.6 Å². The van der Waals surface area contributed by atoms with E-state index in [1.807, 2.05) is 0 Å². The predicted molar refractivity (Wildman–Crippen MR) is 63.0 cm³/mol. The van der Waals surface area contributed by atoms with Crippen LogP contribution in [0.3, 0.4) is 0 Å². The van der Waals surface area contributed by atoms with Gasteiger partial charge in [-0.25, -0.2) is 4.39 Å². The van der Waals surface area contributed by atoms with Crippen LogP contribution in [-0.4, -0.2) is 35.1 Å². The second kappa shape index (κ2) is 4.07. The number of nitrogens with one attached hydrogen (secondary N) is 1. The summed E-state index contributed by atoms with van der Waals surface area (Å²) in [5.74, 6) is -8.31. The second-order valence-corrected chi connectivity index (χ2v) is 4.79. The number of alkyl halides is 5. The van der Waals surface area contributed by atoms with Crippen LogP contribution in [0.2, 0.25) is 0 Å². The van der Waals surface area contributed by atoms with Crippen molar-refractivity contribution in [3.05, 3.63) is 23.8 Å². The lowest BCUT2D eigenvalue weighted by Crippen LogP contribution is -2.38. The van der Waals surface area contributed by atoms with Gasteiger partial charge in [-0.3, -0.25) is 5.10 Å². The lowest BCUT2D eigenvalue weighted by atomic mass is 10.1. The van der Waals surface area contributed by atoms with Crippen LogP contribution >= 0.6 is 0 Å². The number of H-pyrrole nitrogens is 1. The molecule has 0 bridgehead atoms. The van der Waals surface area contributed by atoms with Crippen LogP contribution in [0.5, 0.6) is 0 Å². The molecule has 1 aliphatic heterocycles. The number of aromatic amines is 1. The summed E-state index contributed by atoms with van der Waals surface area (Å²) in [5.41, 5.74) is 0.651. The highest BCUT2D eigenvalue weighted by Gasteiger charge is 2.63. The molecule has 1 aliphatic rings. The average molecular weight is 291 g/mol. The zero-order chi connectivity index (χ0) is 14.5. The van der Waals surface area contributed by atoms with Gasteiger partial charge in [-0.1, -0.05) is 12.1 Å². The largest absolute Gasteiger partial charge is 0.342 e. The van der Waals surface area contributed by atoms with Gasteiger partial charge in [-0.2, -0.15) is 22.7 Å². The predicted octanol–water partition coefficient (Wildman–Crippen LogP) is 3.12. The van der Waals surface area contributed by atoms with E-state index in [9.17, 15) is 22.0 Å². The first-order valence-corrected chi connectivity index (χ1v) is 5.88. The number of fused-ring (bicyclic) bond motifs is 1. The summed E-state index contributed by atoms with van der Waals surface area (Å²) < 4.78 is 65.9. The maximum atomic E-state index is 13.2. The average Bonchev–Trinajstić information content (AvgIpc) is 2.88. The van der Waals surface area contributed by atoms with Crippen LogP contribution in [0.1, 0.15) is 5.56 Å². The Morgan fingerprint density at radius 1 is 1.15 bits per heavy atom. The van der Waals surface area contributed by atoms with Crippen LogP contribution in [0.15, 0.2) is 18.2 Å². The van der Waals surface area contributed by atoms with Crippen LogP contribution < -0.4 is 4.90 Å². The summed E-state index contributed by atoms with van der Waals surface area (Å²) in [6.07, 6.45) is 0. The first-order chi connectivity index (χ1) is 9.36. The molecule has 0 amide bonds. The highest BCUT2D eigenvalue weighted by molar-refractivity contribution is 5.93. The van der Waals surface area contributed by atoms with Crippen LogP contribution in [-0.2, 0) is 6.67 Å². The summed E-state index contributed by atoms with van der Waals surface area (Å²) in [5, 5.41) is 6.60. The molecule has 0 spiro atoms. The first kappa shape index (κ1) is 13.1. The highest BCUT2D eigenvalue weighted by Crippen LogP contribution is 2.43. The zero-order valence-corrected chi connectivity index (χ0v) is 10.1. The molecule has 3 nitrogen and oxygen atoms in total. The number of anilines is 1. The van der Waals surface area contributed by atoms with Gasteiger partial charge in [0.2, 0.25) is 0 Å². The van der Waals surface area contributed by atoms with E-state index >= 15 is 0 Å². The lowest BCUT2D eigenvalue weighted by molar-refractivity contribution is -0.172. The van der Waals surface area contributed by atoms with Crippen molar-refractivity contribution in [2.45, 2.75) is 18.5 Å². The Hall–Kier alpha value is -1.86. The van der Waals surface area contributed by atoms with Gasteiger partial charge in [0.1, 0.15) is 6.67 Å². The van der Waals surface area contributed by atoms with Gasteiger partial charge in [0.15, 0.2) is 5.82 Å². The minimum atomic E-state index is -4.12. The number of hydrogen-bond donors (Lipinski definition) is 1. The van der Waals surface area contributed by atoms with E-state index in [0.29, 0.717) is 5.52 Å². The summed E-state index contributed by atoms with van der Waals surface area (Å²) in [7, 11) is 0. The van der Waals surface area contributed by atoms with E-state index in [1.165, 1.54) is 6.07 Å². The maximum Gasteiger partial charge on any atom is 0.329 e. The Balaban J connectivity index is 2.09. The number of aromatic nitrogens is 2. The molecular weight excluding hydrogens is 281 g/mol. The molecule has 20 heavy (non-hydrogen) atoms. The third kappa shape index (κ3) is 1.74. The van der Waals surface area contributed by atoms with Crippen molar-refractivity contribution >= 4 is 16.7 Å². The zero-order valence-electron chi connectivity index (χ0n) is 10.1. The molecular formula is C12H10F5N3. The number of hydrogen-bond acceptors (Lipinski definition) is 2. The van der Waals surface area contributed by atoms with Crippen LogP contribution in [0, 0.1) is 0 Å². The summed E-state index contributed by atoms with van der Waals surface area (Å²) in [6, 6.07) is 4.62. The van der Waals surface area contributed by atoms with E-state index in [0.717, 1.165) is 4.90 Å². The monoisotopic (exact) mass is 291 g/mol. The Morgan fingerprint density at radius 2 is 1.80 bits per heavy atom. The van der Waals surface area contributed by atoms with Gasteiger partial charge in [0.25, 0.3) is 0 Å². The second-order valence-electron chi connectivity index (χ2n) is 4.79. The number of benzene rings is 1. The first-order valence-electron chi connectivity index (χ1n) is 5.88. The van der Waals surface area contributed by atoms with Crippen molar-refractivity contribution in [3.63, 3.8) is 0 Å². The van der Waals surface area contributed by atoms with E-state index in [4.69, 9.17) is 0 Å². The van der Waals surface area contributed by atoms with E-state index in [-0.39, 0.29) is 16.8 Å². The van der Waals surface area contributed by atoms with E-state index in [1.54, 1.807) is 12.1 Å². The standard InChI is InChI=1S/C12H10F5N3/c13-4-7-2-1-3-8-9(7)10(19-18-8)20-5-11(14,15)12(16,17)6-20/h1-3H,4-6H2,(H,18,19). The molecule has 0 aliphatic carbocycles. The molecule has 8 heteroatoms. The number of rotatable bonds is 2. The molecule has 0 radical (unpaired) electrons. The molecule has 1 aromatic carbocycles. The van der Waals surface area contributed by atoms with Gasteiger partial charge < -0.3 is 4.90 Å². The van der Waals surface area contributed by atoms with Gasteiger partial charge in [-0.15, -0.1) is 0 Å². The molecule has 1 aromatic heterocycles. The fraction of sp³-hybridized carbons (Fsp3) is 0.417. The summed E-state index contributed by atoms with van der Waals surface area (Å²) >= 11 is 0. The fourth-order valence-corrected chi connectivity index (χ4v) is 2.38. The van der Waals surface area contributed by atoms with Crippen LogP contribution in [0.4, 0.5) is 27.8 Å². The molecule has 2 heterocycles. The Kier molecular flexibility index (Phi) is 2.67. The maximum absolute atomic E-state index is 13.2. The van der Waals surface area contributed by atoms with Gasteiger partial charge in [0, 0.05) is 5.39 Å². The van der Waals surface area contributed by atoms with Gasteiger partial charge in [0.05, 0.1) is 18.6 Å². The van der Waals surface area contributed by atoms with E-state index < -0.39 is 31.6 Å². The van der Waals surface area contributed by atoms with Crippen molar-refractivity contribution in [2.24, 2.45) is 0 Å². The van der Waals surface area contributed by atoms with Crippen molar-refractivity contribution in [1.29, 1.82) is 0 Å². The van der Waals surface area contributed by atoms with Gasteiger partial charge >= 0.3 is 11.8 Å². The molecule has 108 valence electrons. The third-order valence-corrected chi connectivity index (χ3v) is 3.41. The SMILES string of the molecule is FCc1cccc2[nH]nc(N3CC(F)(F)C(F)(F)C3)c12. The third-order valence-electron chi connectivity index (χ3n) is 3.41. The highest BCUT2D eigenvalue weighted by atomic mass is 19.3. The minimum Gasteiger partial charge on any atom is -0.342 e. The Labute approximate surface area is 110 Å². The summed E-state index contributed by atoms with van der Waals surface area (Å²) in [4.78, 5) is 0.790. The minimum absolute atomic E-state index is 0.0647. The molecule has 1 N–H and O–H groups in total. The smallest absolute Gasteiger partial charge is 0.329 e. The molecule has 0 unspecified atom stereocenters. The molecule has 0 saturated carbocycles.